The second-order valence-electron chi connectivity index (χ2n) is 6.47. The molecule has 1 saturated heterocycles. The number of carbonyl (C=O) groups is 1. The van der Waals surface area contributed by atoms with E-state index in [0.717, 1.165) is 30.2 Å². The topological polar surface area (TPSA) is 62.6 Å². The molecule has 0 spiro atoms. The summed E-state index contributed by atoms with van der Waals surface area (Å²) in [6, 6.07) is 10.2. The van der Waals surface area contributed by atoms with Crippen molar-refractivity contribution in [2.75, 3.05) is 51.3 Å². The second-order valence-corrected chi connectivity index (χ2v) is 6.47. The zero-order valence-corrected chi connectivity index (χ0v) is 15.7. The summed E-state index contributed by atoms with van der Waals surface area (Å²) in [4.78, 5) is 16.4. The number of ether oxygens (including phenoxy) is 1. The van der Waals surface area contributed by atoms with Crippen molar-refractivity contribution in [2.45, 2.75) is 13.8 Å². The number of nitrogens with one attached hydrogen (secondary N) is 1. The molecule has 1 aromatic heterocycles. The summed E-state index contributed by atoms with van der Waals surface area (Å²) >= 11 is 0. The summed E-state index contributed by atoms with van der Waals surface area (Å²) in [5.74, 6) is 0. The first-order chi connectivity index (χ1) is 12.6. The van der Waals surface area contributed by atoms with E-state index >= 15 is 0 Å². The summed E-state index contributed by atoms with van der Waals surface area (Å²) in [6.45, 7) is 8.24. The van der Waals surface area contributed by atoms with Gasteiger partial charge in [-0.05, 0) is 26.0 Å². The molecule has 0 radical (unpaired) electrons. The van der Waals surface area contributed by atoms with Gasteiger partial charge in [0.1, 0.15) is 0 Å². The Kier molecular flexibility index (Phi) is 5.78. The van der Waals surface area contributed by atoms with E-state index < -0.39 is 0 Å². The summed E-state index contributed by atoms with van der Waals surface area (Å²) < 4.78 is 6.96. The molecule has 140 valence electrons. The van der Waals surface area contributed by atoms with Crippen LogP contribution in [-0.2, 0) is 4.74 Å². The molecule has 0 bridgehead atoms. The molecule has 2 heterocycles. The Labute approximate surface area is 154 Å². The maximum absolute atomic E-state index is 12.2. The SMILES string of the molecule is COCCNC(=O)N1CCN(c2c(C)nn(-c3ccccc3)c2C)CC1. The van der Waals surface area contributed by atoms with Crippen LogP contribution in [0.4, 0.5) is 10.5 Å². The largest absolute Gasteiger partial charge is 0.383 e. The molecule has 0 saturated carbocycles. The van der Waals surface area contributed by atoms with Crippen LogP contribution in [0.25, 0.3) is 5.69 Å². The molecular formula is C19H27N5O2. The Bertz CT molecular complexity index is 736. The molecule has 0 aliphatic carbocycles. The van der Waals surface area contributed by atoms with Crippen molar-refractivity contribution >= 4 is 11.7 Å². The Morgan fingerprint density at radius 1 is 1.15 bits per heavy atom. The number of piperazine rings is 1. The number of para-hydroxylation sites is 1. The molecule has 0 unspecified atom stereocenters. The molecule has 3 rings (SSSR count). The van der Waals surface area contributed by atoms with E-state index in [9.17, 15) is 4.79 Å². The van der Waals surface area contributed by atoms with Gasteiger partial charge < -0.3 is 19.9 Å². The average molecular weight is 357 g/mol. The summed E-state index contributed by atoms with van der Waals surface area (Å²) in [5.41, 5.74) is 4.39. The molecule has 26 heavy (non-hydrogen) atoms. The Morgan fingerprint density at radius 3 is 2.50 bits per heavy atom. The van der Waals surface area contributed by atoms with Crippen LogP contribution in [0.5, 0.6) is 0 Å². The number of aryl methyl sites for hydroxylation is 1. The highest BCUT2D eigenvalue weighted by atomic mass is 16.5. The van der Waals surface area contributed by atoms with E-state index in [0.29, 0.717) is 26.2 Å². The van der Waals surface area contributed by atoms with Crippen molar-refractivity contribution in [1.82, 2.24) is 20.0 Å². The number of rotatable bonds is 5. The molecule has 1 aliphatic rings. The number of hydrogen-bond acceptors (Lipinski definition) is 4. The fraction of sp³-hybridized carbons (Fsp3) is 0.474. The molecular weight excluding hydrogens is 330 g/mol. The van der Waals surface area contributed by atoms with Crippen LogP contribution >= 0.6 is 0 Å². The standard InChI is InChI=1S/C19H27N5O2/c1-15-18(16(2)24(21-15)17-7-5-4-6-8-17)22-10-12-23(13-11-22)19(25)20-9-14-26-3/h4-8H,9-14H2,1-3H3,(H,20,25). The number of nitrogens with zero attached hydrogens (tertiary/aromatic N) is 4. The van der Waals surface area contributed by atoms with Gasteiger partial charge in [-0.1, -0.05) is 18.2 Å². The smallest absolute Gasteiger partial charge is 0.317 e. The molecule has 1 aliphatic heterocycles. The first kappa shape index (κ1) is 18.3. The molecule has 1 aromatic carbocycles. The minimum Gasteiger partial charge on any atom is -0.383 e. The van der Waals surface area contributed by atoms with Crippen LogP contribution in [0, 0.1) is 13.8 Å². The molecule has 1 N–H and O–H groups in total. The van der Waals surface area contributed by atoms with E-state index in [1.54, 1.807) is 7.11 Å². The van der Waals surface area contributed by atoms with Crippen molar-refractivity contribution in [3.63, 3.8) is 0 Å². The van der Waals surface area contributed by atoms with Gasteiger partial charge in [-0.25, -0.2) is 9.48 Å². The van der Waals surface area contributed by atoms with E-state index in [1.165, 1.54) is 5.69 Å². The lowest BCUT2D eigenvalue weighted by Gasteiger charge is -2.36. The number of methoxy groups -OCH3 is 1. The normalized spacial score (nSPS) is 14.6. The fourth-order valence-corrected chi connectivity index (χ4v) is 3.42. The number of anilines is 1. The van der Waals surface area contributed by atoms with Crippen molar-refractivity contribution in [1.29, 1.82) is 0 Å². The van der Waals surface area contributed by atoms with Crippen LogP contribution < -0.4 is 10.2 Å². The first-order valence-electron chi connectivity index (χ1n) is 9.00. The second kappa shape index (κ2) is 8.23. The van der Waals surface area contributed by atoms with Crippen LogP contribution in [0.1, 0.15) is 11.4 Å². The highest BCUT2D eigenvalue weighted by molar-refractivity contribution is 5.74. The third-order valence-corrected chi connectivity index (χ3v) is 4.72. The maximum Gasteiger partial charge on any atom is 0.317 e. The Morgan fingerprint density at radius 2 is 1.85 bits per heavy atom. The molecule has 1 fully saturated rings. The average Bonchev–Trinajstić information content (AvgIpc) is 2.97. The van der Waals surface area contributed by atoms with Gasteiger partial charge in [0.25, 0.3) is 0 Å². The van der Waals surface area contributed by atoms with Gasteiger partial charge in [0.2, 0.25) is 0 Å². The van der Waals surface area contributed by atoms with Gasteiger partial charge in [-0.15, -0.1) is 0 Å². The van der Waals surface area contributed by atoms with Crippen LogP contribution in [0.3, 0.4) is 0 Å². The van der Waals surface area contributed by atoms with Gasteiger partial charge in [0.15, 0.2) is 0 Å². The van der Waals surface area contributed by atoms with E-state index in [4.69, 9.17) is 9.84 Å². The molecule has 7 heteroatoms. The Balaban J connectivity index is 1.67. The van der Waals surface area contributed by atoms with Crippen molar-refractivity contribution in [3.8, 4) is 5.69 Å². The van der Waals surface area contributed by atoms with Crippen molar-refractivity contribution < 1.29 is 9.53 Å². The minimum absolute atomic E-state index is 0.0184. The van der Waals surface area contributed by atoms with E-state index in [1.807, 2.05) is 34.7 Å². The first-order valence-corrected chi connectivity index (χ1v) is 9.00. The van der Waals surface area contributed by atoms with Gasteiger partial charge in [-0.3, -0.25) is 0 Å². The highest BCUT2D eigenvalue weighted by Crippen LogP contribution is 2.27. The molecule has 7 nitrogen and oxygen atoms in total. The highest BCUT2D eigenvalue weighted by Gasteiger charge is 2.25. The predicted molar refractivity (Wildman–Crippen MR) is 102 cm³/mol. The molecule has 2 amide bonds. The third-order valence-electron chi connectivity index (χ3n) is 4.72. The summed E-state index contributed by atoms with van der Waals surface area (Å²) in [6.07, 6.45) is 0. The quantitative estimate of drug-likeness (QED) is 0.831. The van der Waals surface area contributed by atoms with Crippen LogP contribution in [0.2, 0.25) is 0 Å². The summed E-state index contributed by atoms with van der Waals surface area (Å²) in [5, 5.41) is 7.61. The van der Waals surface area contributed by atoms with Gasteiger partial charge >= 0.3 is 6.03 Å². The lowest BCUT2D eigenvalue weighted by Crippen LogP contribution is -2.52. The third kappa shape index (κ3) is 3.83. The van der Waals surface area contributed by atoms with Crippen LogP contribution in [0.15, 0.2) is 30.3 Å². The number of hydrogen-bond donors (Lipinski definition) is 1. The minimum atomic E-state index is -0.0184. The van der Waals surface area contributed by atoms with Gasteiger partial charge in [-0.2, -0.15) is 5.10 Å². The fourth-order valence-electron chi connectivity index (χ4n) is 3.42. The number of amides is 2. The summed E-state index contributed by atoms with van der Waals surface area (Å²) in [7, 11) is 1.63. The van der Waals surface area contributed by atoms with E-state index in [-0.39, 0.29) is 6.03 Å². The lowest BCUT2D eigenvalue weighted by molar-refractivity contribution is 0.177. The zero-order chi connectivity index (χ0) is 18.5. The van der Waals surface area contributed by atoms with Crippen molar-refractivity contribution in [2.24, 2.45) is 0 Å². The van der Waals surface area contributed by atoms with Gasteiger partial charge in [0.05, 0.1) is 29.4 Å². The number of carbonyl (C=O) groups excluding carboxylic acids is 1. The van der Waals surface area contributed by atoms with E-state index in [2.05, 4.69) is 29.3 Å². The predicted octanol–water partition coefficient (Wildman–Crippen LogP) is 1.97. The lowest BCUT2D eigenvalue weighted by atomic mass is 10.2. The zero-order valence-electron chi connectivity index (χ0n) is 15.7. The number of urea groups is 1. The monoisotopic (exact) mass is 357 g/mol. The number of aromatic nitrogens is 2. The van der Waals surface area contributed by atoms with Crippen LogP contribution in [-0.4, -0.2) is 67.2 Å². The van der Waals surface area contributed by atoms with Gasteiger partial charge in [0, 0.05) is 39.8 Å². The molecule has 0 atom stereocenters. The molecule has 2 aromatic rings. The maximum atomic E-state index is 12.2. The number of benzene rings is 1. The van der Waals surface area contributed by atoms with Crippen molar-refractivity contribution in [3.05, 3.63) is 41.7 Å². The Hall–Kier alpha value is -2.54.